The molecule has 19 heavy (non-hydrogen) atoms. The molecule has 0 saturated carbocycles. The third kappa shape index (κ3) is 4.34. The Morgan fingerprint density at radius 2 is 2.32 bits per heavy atom. The van der Waals surface area contributed by atoms with Gasteiger partial charge in [-0.1, -0.05) is 24.3 Å². The van der Waals surface area contributed by atoms with Gasteiger partial charge < -0.3 is 5.11 Å². The molecule has 0 aromatic carbocycles. The van der Waals surface area contributed by atoms with Crippen molar-refractivity contribution in [3.8, 4) is 11.8 Å². The van der Waals surface area contributed by atoms with Crippen LogP contribution in [0.3, 0.4) is 0 Å². The predicted octanol–water partition coefficient (Wildman–Crippen LogP) is 2.38. The Morgan fingerprint density at radius 1 is 1.47 bits per heavy atom. The van der Waals surface area contributed by atoms with Gasteiger partial charge in [0.15, 0.2) is 0 Å². The Hall–Kier alpha value is -1.37. The fraction of sp³-hybridized carbons (Fsp3) is 0.562. The van der Waals surface area contributed by atoms with E-state index in [9.17, 15) is 5.11 Å². The molecule has 2 rings (SSSR count). The van der Waals surface area contributed by atoms with Gasteiger partial charge in [-0.25, -0.2) is 0 Å². The van der Waals surface area contributed by atoms with Crippen molar-refractivity contribution in [3.05, 3.63) is 30.1 Å². The zero-order valence-electron chi connectivity index (χ0n) is 11.8. The fourth-order valence-corrected chi connectivity index (χ4v) is 2.49. The van der Waals surface area contributed by atoms with E-state index < -0.39 is 5.60 Å². The minimum absolute atomic E-state index is 0.415. The Bertz CT molecular complexity index is 453. The van der Waals surface area contributed by atoms with Gasteiger partial charge in [0.1, 0.15) is 5.60 Å². The number of pyridine rings is 1. The van der Waals surface area contributed by atoms with E-state index in [1.54, 1.807) is 13.8 Å². The van der Waals surface area contributed by atoms with Crippen molar-refractivity contribution in [1.29, 1.82) is 0 Å². The van der Waals surface area contributed by atoms with Gasteiger partial charge >= 0.3 is 0 Å². The van der Waals surface area contributed by atoms with Crippen LogP contribution in [0.4, 0.5) is 0 Å². The molecule has 0 aliphatic carbocycles. The van der Waals surface area contributed by atoms with Crippen molar-refractivity contribution < 1.29 is 5.11 Å². The highest BCUT2D eigenvalue weighted by molar-refractivity contribution is 5.17. The monoisotopic (exact) mass is 258 g/mol. The van der Waals surface area contributed by atoms with Crippen molar-refractivity contribution in [2.24, 2.45) is 0 Å². The number of likely N-dealkylation sites (tertiary alicyclic amines) is 1. The average molecular weight is 258 g/mol. The summed E-state index contributed by atoms with van der Waals surface area (Å²) in [6.45, 7) is 5.22. The van der Waals surface area contributed by atoms with Crippen LogP contribution in [0.15, 0.2) is 24.5 Å². The van der Waals surface area contributed by atoms with Crippen LogP contribution in [-0.2, 0) is 0 Å². The predicted molar refractivity (Wildman–Crippen MR) is 76.5 cm³/mol. The lowest BCUT2D eigenvalue weighted by Crippen LogP contribution is -2.34. The molecule has 1 N–H and O–H groups in total. The number of rotatable bonds is 2. The zero-order chi connectivity index (χ0) is 13.7. The number of aromatic nitrogens is 1. The lowest BCUT2D eigenvalue weighted by molar-refractivity contribution is 0.142. The van der Waals surface area contributed by atoms with Gasteiger partial charge in [0.05, 0.1) is 6.54 Å². The highest BCUT2D eigenvalue weighted by atomic mass is 16.3. The second-order valence-corrected chi connectivity index (χ2v) is 5.63. The van der Waals surface area contributed by atoms with Gasteiger partial charge in [-0.15, -0.1) is 0 Å². The number of hydrogen-bond donors (Lipinski definition) is 1. The number of nitrogens with zero attached hydrogens (tertiary/aromatic N) is 2. The molecular weight excluding hydrogens is 236 g/mol. The van der Waals surface area contributed by atoms with Gasteiger partial charge in [-0.2, -0.15) is 0 Å². The van der Waals surface area contributed by atoms with Crippen LogP contribution in [0.25, 0.3) is 0 Å². The summed E-state index contributed by atoms with van der Waals surface area (Å²) in [5.74, 6) is 5.99. The number of aliphatic hydroxyl groups is 1. The molecule has 1 aliphatic heterocycles. The standard InChI is InChI=1S/C16H22N2O/c1-16(2,19)9-6-12-18-11-4-3-8-15(18)14-7-5-10-17-13-14/h5,7,10,13,15,19H,3-4,8,11-12H2,1-2H3/t15-/m1/s1. The first kappa shape index (κ1) is 14.0. The molecule has 0 amide bonds. The van der Waals surface area contributed by atoms with Crippen LogP contribution in [0.2, 0.25) is 0 Å². The van der Waals surface area contributed by atoms with E-state index in [1.165, 1.54) is 18.4 Å². The summed E-state index contributed by atoms with van der Waals surface area (Å²) in [6.07, 6.45) is 7.41. The molecule has 0 bridgehead atoms. The maximum Gasteiger partial charge on any atom is 0.120 e. The summed E-state index contributed by atoms with van der Waals surface area (Å²) in [6, 6.07) is 4.54. The maximum absolute atomic E-state index is 9.63. The molecule has 1 aromatic rings. The Kier molecular flexibility index (Phi) is 4.57. The Labute approximate surface area is 115 Å². The first-order valence-corrected chi connectivity index (χ1v) is 6.93. The number of piperidine rings is 1. The van der Waals surface area contributed by atoms with Crippen molar-refractivity contribution in [1.82, 2.24) is 9.88 Å². The summed E-state index contributed by atoms with van der Waals surface area (Å²) in [5, 5.41) is 9.63. The summed E-state index contributed by atoms with van der Waals surface area (Å²) >= 11 is 0. The maximum atomic E-state index is 9.63. The van der Waals surface area contributed by atoms with Crippen molar-refractivity contribution >= 4 is 0 Å². The molecule has 3 nitrogen and oxygen atoms in total. The van der Waals surface area contributed by atoms with Gasteiger partial charge in [0.25, 0.3) is 0 Å². The van der Waals surface area contributed by atoms with Crippen molar-refractivity contribution in [2.75, 3.05) is 13.1 Å². The van der Waals surface area contributed by atoms with Gasteiger partial charge in [-0.3, -0.25) is 9.88 Å². The fourth-order valence-electron chi connectivity index (χ4n) is 2.49. The third-order valence-corrected chi connectivity index (χ3v) is 3.36. The first-order valence-electron chi connectivity index (χ1n) is 6.93. The average Bonchev–Trinajstić information content (AvgIpc) is 2.39. The second kappa shape index (κ2) is 6.18. The molecule has 1 atom stereocenters. The van der Waals surface area contributed by atoms with Crippen LogP contribution >= 0.6 is 0 Å². The summed E-state index contributed by atoms with van der Waals surface area (Å²) in [4.78, 5) is 6.60. The molecule has 1 aromatic heterocycles. The number of hydrogen-bond acceptors (Lipinski definition) is 3. The topological polar surface area (TPSA) is 36.4 Å². The summed E-state index contributed by atoms with van der Waals surface area (Å²) in [5.41, 5.74) is 0.367. The smallest absolute Gasteiger partial charge is 0.120 e. The highest BCUT2D eigenvalue weighted by Crippen LogP contribution is 2.29. The van der Waals surface area contributed by atoms with Crippen LogP contribution < -0.4 is 0 Å². The lowest BCUT2D eigenvalue weighted by atomic mass is 9.96. The molecular formula is C16H22N2O. The first-order chi connectivity index (χ1) is 9.06. The Balaban J connectivity index is 2.06. The minimum atomic E-state index is -0.903. The largest absolute Gasteiger partial charge is 0.378 e. The molecule has 3 heteroatoms. The zero-order valence-corrected chi connectivity index (χ0v) is 11.8. The quantitative estimate of drug-likeness (QED) is 0.827. The van der Waals surface area contributed by atoms with E-state index in [4.69, 9.17) is 0 Å². The summed E-state index contributed by atoms with van der Waals surface area (Å²) in [7, 11) is 0. The Morgan fingerprint density at radius 3 is 3.00 bits per heavy atom. The molecule has 0 spiro atoms. The lowest BCUT2D eigenvalue weighted by Gasteiger charge is -2.34. The van der Waals surface area contributed by atoms with Crippen LogP contribution in [0.1, 0.15) is 44.7 Å². The van der Waals surface area contributed by atoms with Crippen molar-refractivity contribution in [2.45, 2.75) is 44.8 Å². The van der Waals surface area contributed by atoms with E-state index in [-0.39, 0.29) is 0 Å². The molecule has 1 fully saturated rings. The summed E-state index contributed by atoms with van der Waals surface area (Å²) < 4.78 is 0. The highest BCUT2D eigenvalue weighted by Gasteiger charge is 2.23. The molecule has 2 heterocycles. The van der Waals surface area contributed by atoms with Gasteiger partial charge in [0, 0.05) is 18.4 Å². The van der Waals surface area contributed by atoms with E-state index >= 15 is 0 Å². The molecule has 0 radical (unpaired) electrons. The minimum Gasteiger partial charge on any atom is -0.378 e. The van der Waals surface area contributed by atoms with Crippen LogP contribution in [0, 0.1) is 11.8 Å². The molecule has 0 unspecified atom stereocenters. The normalized spacial score (nSPS) is 20.7. The third-order valence-electron chi connectivity index (χ3n) is 3.36. The van der Waals surface area contributed by atoms with Crippen LogP contribution in [-0.4, -0.2) is 33.7 Å². The second-order valence-electron chi connectivity index (χ2n) is 5.63. The van der Waals surface area contributed by atoms with Crippen molar-refractivity contribution in [3.63, 3.8) is 0 Å². The van der Waals surface area contributed by atoms with E-state index in [0.29, 0.717) is 12.6 Å². The van der Waals surface area contributed by atoms with E-state index in [1.807, 2.05) is 18.5 Å². The van der Waals surface area contributed by atoms with Gasteiger partial charge in [0.2, 0.25) is 0 Å². The molecule has 1 aliphatic rings. The van der Waals surface area contributed by atoms with Gasteiger partial charge in [-0.05, 0) is 44.9 Å². The molecule has 102 valence electrons. The van der Waals surface area contributed by atoms with Crippen LogP contribution in [0.5, 0.6) is 0 Å². The van der Waals surface area contributed by atoms with E-state index in [0.717, 1.165) is 13.0 Å². The van der Waals surface area contributed by atoms with E-state index in [2.05, 4.69) is 27.8 Å². The molecule has 1 saturated heterocycles. The SMILES string of the molecule is CC(C)(O)C#CCN1CCCC[C@@H]1c1cccnc1.